The summed E-state index contributed by atoms with van der Waals surface area (Å²) < 4.78 is 18.8. The number of ketones is 2. The third-order valence-electron chi connectivity index (χ3n) is 5.96. The van der Waals surface area contributed by atoms with E-state index in [-0.39, 0.29) is 28.8 Å². The minimum Gasteiger partial charge on any atom is -0.494 e. The lowest BCUT2D eigenvalue weighted by molar-refractivity contribution is -0.670. The fraction of sp³-hybridized carbons (Fsp3) is 0.333. The molecule has 1 heterocycles. The van der Waals surface area contributed by atoms with Gasteiger partial charge in [0.2, 0.25) is 11.6 Å². The van der Waals surface area contributed by atoms with E-state index < -0.39 is 0 Å². The zero-order chi connectivity index (χ0) is 24.7. The molecule has 7 N–H and O–H groups in total. The van der Waals surface area contributed by atoms with Crippen LogP contribution in [0.3, 0.4) is 0 Å². The van der Waals surface area contributed by atoms with E-state index in [1.54, 1.807) is 37.4 Å². The summed E-state index contributed by atoms with van der Waals surface area (Å²) in [7, 11) is 1.55. The van der Waals surface area contributed by atoms with Crippen molar-refractivity contribution < 1.29 is 29.8 Å². The minimum atomic E-state index is -0.311. The van der Waals surface area contributed by atoms with Crippen LogP contribution in [0.15, 0.2) is 53.9 Å². The molecule has 34 heavy (non-hydrogen) atoms. The van der Waals surface area contributed by atoms with Crippen LogP contribution in [0, 0.1) is 5.82 Å². The number of carbonyl (C=O) groups excluding carboxylic acids is 2. The van der Waals surface area contributed by atoms with Gasteiger partial charge in [0, 0.05) is 49.9 Å². The van der Waals surface area contributed by atoms with Gasteiger partial charge in [-0.2, -0.15) is 0 Å². The Morgan fingerprint density at radius 2 is 1.71 bits per heavy atom. The van der Waals surface area contributed by atoms with E-state index >= 15 is 0 Å². The highest BCUT2D eigenvalue weighted by molar-refractivity contribution is 6.26. The van der Waals surface area contributed by atoms with E-state index in [0.29, 0.717) is 23.4 Å². The molecule has 1 aliphatic carbocycles. The highest BCUT2D eigenvalue weighted by atomic mass is 19.1. The van der Waals surface area contributed by atoms with Gasteiger partial charge in [-0.05, 0) is 25.1 Å². The number of halogens is 1. The molecule has 0 unspecified atom stereocenters. The Morgan fingerprint density at radius 3 is 2.35 bits per heavy atom. The van der Waals surface area contributed by atoms with Crippen LogP contribution in [0.1, 0.15) is 27.1 Å². The first kappa shape index (κ1) is 25.2. The maximum Gasteiger partial charge on any atom is 0.211 e. The van der Waals surface area contributed by atoms with Gasteiger partial charge in [0.05, 0.1) is 12.8 Å². The number of benzene rings is 2. The van der Waals surface area contributed by atoms with Crippen molar-refractivity contribution in [1.82, 2.24) is 10.2 Å². The lowest BCUT2D eigenvalue weighted by atomic mass is 9.90. The van der Waals surface area contributed by atoms with Crippen molar-refractivity contribution in [2.45, 2.75) is 6.42 Å². The lowest BCUT2D eigenvalue weighted by Crippen LogP contribution is -2.47. The molecule has 1 saturated heterocycles. The van der Waals surface area contributed by atoms with Gasteiger partial charge in [-0.1, -0.05) is 24.3 Å². The molecule has 0 atom stereocenters. The molecule has 9 nitrogen and oxygen atoms in total. The third-order valence-corrected chi connectivity index (χ3v) is 5.96. The SMILES string of the molecule is COc1cc(F)ccc1N1CCN(CCCNC2=C(N)C(=O)c3ccccc3C2=O)CC1.[NH3+]O. The quantitative estimate of drug-likeness (QED) is 0.343. The molecule has 10 heteroatoms. The number of carbonyl (C=O) groups is 2. The summed E-state index contributed by atoms with van der Waals surface area (Å²) >= 11 is 0. The monoisotopic (exact) mass is 472 g/mol. The van der Waals surface area contributed by atoms with Crippen molar-refractivity contribution in [3.8, 4) is 5.75 Å². The molecular formula is C24H31FN5O4+. The van der Waals surface area contributed by atoms with Crippen LogP contribution in [0.4, 0.5) is 10.1 Å². The average molecular weight is 473 g/mol. The summed E-state index contributed by atoms with van der Waals surface area (Å²) in [6.45, 7) is 4.78. The topological polar surface area (TPSA) is 136 Å². The van der Waals surface area contributed by atoms with Crippen molar-refractivity contribution in [3.63, 3.8) is 0 Å². The zero-order valence-corrected chi connectivity index (χ0v) is 19.2. The summed E-state index contributed by atoms with van der Waals surface area (Å²) in [6.07, 6.45) is 0.805. The van der Waals surface area contributed by atoms with E-state index in [2.05, 4.69) is 21.0 Å². The number of Topliss-reactive ketones (excluding diaryl/α,β-unsaturated/α-hetero) is 2. The highest BCUT2D eigenvalue weighted by Crippen LogP contribution is 2.29. The van der Waals surface area contributed by atoms with Crippen molar-refractivity contribution in [2.75, 3.05) is 51.3 Å². The number of fused-ring (bicyclic) bond motifs is 1. The van der Waals surface area contributed by atoms with Gasteiger partial charge in [-0.15, -0.1) is 0 Å². The smallest absolute Gasteiger partial charge is 0.211 e. The molecule has 0 radical (unpaired) electrons. The Balaban J connectivity index is 0.00000158. The molecule has 182 valence electrons. The van der Waals surface area contributed by atoms with Gasteiger partial charge < -0.3 is 20.7 Å². The van der Waals surface area contributed by atoms with Crippen molar-refractivity contribution >= 4 is 17.3 Å². The fourth-order valence-electron chi connectivity index (χ4n) is 4.21. The van der Waals surface area contributed by atoms with E-state index in [0.717, 1.165) is 44.8 Å². The van der Waals surface area contributed by atoms with Crippen molar-refractivity contribution in [2.24, 2.45) is 5.73 Å². The summed E-state index contributed by atoms with van der Waals surface area (Å²) in [5.41, 5.74) is 7.78. The Hall–Kier alpha value is -3.47. The number of ether oxygens (including phenoxy) is 1. The first-order chi connectivity index (χ1) is 16.5. The van der Waals surface area contributed by atoms with Gasteiger partial charge in [-0.3, -0.25) is 14.5 Å². The summed E-state index contributed by atoms with van der Waals surface area (Å²) in [5.74, 6) is 1.94. The Labute approximate surface area is 197 Å². The van der Waals surface area contributed by atoms with Crippen LogP contribution >= 0.6 is 0 Å². The normalized spacial score (nSPS) is 16.1. The van der Waals surface area contributed by atoms with Crippen molar-refractivity contribution in [1.29, 1.82) is 0 Å². The summed E-state index contributed by atoms with van der Waals surface area (Å²) in [4.78, 5) is 29.7. The van der Waals surface area contributed by atoms with Crippen LogP contribution in [0.5, 0.6) is 5.75 Å². The number of piperazine rings is 1. The molecule has 1 aliphatic heterocycles. The molecular weight excluding hydrogens is 441 g/mol. The Kier molecular flexibility index (Phi) is 8.58. The maximum atomic E-state index is 13.5. The fourth-order valence-corrected chi connectivity index (χ4v) is 4.21. The van der Waals surface area contributed by atoms with E-state index in [4.69, 9.17) is 15.7 Å². The number of nitrogens with zero attached hydrogens (tertiary/aromatic N) is 2. The van der Waals surface area contributed by atoms with E-state index in [9.17, 15) is 14.0 Å². The number of allylic oxidation sites excluding steroid dienone is 2. The molecule has 1 fully saturated rings. The second kappa shape index (κ2) is 11.6. The van der Waals surface area contributed by atoms with Gasteiger partial charge in [0.15, 0.2) is 0 Å². The van der Waals surface area contributed by atoms with Gasteiger partial charge in [0.1, 0.15) is 23.0 Å². The third kappa shape index (κ3) is 5.36. The van der Waals surface area contributed by atoms with E-state index in [1.807, 2.05) is 0 Å². The summed E-state index contributed by atoms with van der Waals surface area (Å²) in [5, 5.41) is 9.83. The number of nitrogens with two attached hydrogens (primary N) is 1. The molecule has 0 amide bonds. The molecule has 0 bridgehead atoms. The van der Waals surface area contributed by atoms with E-state index in [1.165, 1.54) is 12.1 Å². The Morgan fingerprint density at radius 1 is 1.06 bits per heavy atom. The summed E-state index contributed by atoms with van der Waals surface area (Å²) in [6, 6.07) is 11.4. The van der Waals surface area contributed by atoms with Crippen LogP contribution < -0.4 is 26.6 Å². The van der Waals surface area contributed by atoms with Gasteiger partial charge in [-0.25, -0.2) is 15.5 Å². The van der Waals surface area contributed by atoms with Crippen LogP contribution in [-0.2, 0) is 0 Å². The number of methoxy groups -OCH3 is 1. The number of nitrogens with one attached hydrogen (secondary N) is 1. The average Bonchev–Trinajstić information content (AvgIpc) is 2.88. The van der Waals surface area contributed by atoms with Crippen LogP contribution in [-0.4, -0.2) is 68.1 Å². The number of anilines is 1. The molecule has 0 spiro atoms. The second-order valence-electron chi connectivity index (χ2n) is 7.92. The zero-order valence-electron chi connectivity index (χ0n) is 19.2. The standard InChI is InChI=1S/C24H27FN4O3.H4NO/c1-32-20-15-16(25)7-8-19(20)29-13-11-28(12-14-29)10-4-9-27-22-21(26)23(30)17-5-2-3-6-18(17)24(22)31;1-2/h2-3,5-8,15,27H,4,9-14,26H2,1H3;2H,1H3/q;+1. The first-order valence-corrected chi connectivity index (χ1v) is 11.0. The number of hydrogen-bond acceptors (Lipinski definition) is 8. The molecule has 2 aromatic carbocycles. The molecule has 2 aromatic rings. The molecule has 2 aliphatic rings. The molecule has 0 saturated carbocycles. The second-order valence-corrected chi connectivity index (χ2v) is 7.92. The lowest BCUT2D eigenvalue weighted by Gasteiger charge is -2.36. The number of rotatable bonds is 7. The maximum absolute atomic E-state index is 13.5. The minimum absolute atomic E-state index is 0.0180. The van der Waals surface area contributed by atoms with Crippen molar-refractivity contribution in [3.05, 3.63) is 70.8 Å². The number of quaternary nitrogens is 1. The van der Waals surface area contributed by atoms with Gasteiger partial charge in [0.25, 0.3) is 0 Å². The first-order valence-electron chi connectivity index (χ1n) is 11.0. The molecule has 4 rings (SSSR count). The molecule has 0 aromatic heterocycles. The van der Waals surface area contributed by atoms with Gasteiger partial charge >= 0.3 is 0 Å². The van der Waals surface area contributed by atoms with Crippen LogP contribution in [0.25, 0.3) is 0 Å². The Bertz CT molecular complexity index is 1070. The highest BCUT2D eigenvalue weighted by Gasteiger charge is 2.30. The largest absolute Gasteiger partial charge is 0.494 e. The number of hydrogen-bond donors (Lipinski definition) is 4. The predicted molar refractivity (Wildman–Crippen MR) is 125 cm³/mol. The predicted octanol–water partition coefficient (Wildman–Crippen LogP) is 0.803. The van der Waals surface area contributed by atoms with Crippen LogP contribution in [0.2, 0.25) is 0 Å².